The summed E-state index contributed by atoms with van der Waals surface area (Å²) < 4.78 is 15.8. The highest BCUT2D eigenvalue weighted by molar-refractivity contribution is 7.99. The van der Waals surface area contributed by atoms with Crippen LogP contribution in [0, 0.1) is 0 Å². The summed E-state index contributed by atoms with van der Waals surface area (Å²) in [7, 11) is 1.57. The molecule has 3 aromatic carbocycles. The smallest absolute Gasteiger partial charge is 0.407 e. The number of rotatable bonds is 14. The van der Waals surface area contributed by atoms with E-state index < -0.39 is 29.3 Å². The summed E-state index contributed by atoms with van der Waals surface area (Å²) in [6.07, 6.45) is -0.753. The van der Waals surface area contributed by atoms with Crippen molar-refractivity contribution < 1.29 is 33.7 Å². The molecule has 0 aromatic heterocycles. The van der Waals surface area contributed by atoms with Gasteiger partial charge in [-0.1, -0.05) is 72.8 Å². The lowest BCUT2D eigenvalue weighted by Gasteiger charge is -2.24. The molecule has 0 bridgehead atoms. The van der Waals surface area contributed by atoms with Gasteiger partial charge in [0, 0.05) is 12.2 Å². The van der Waals surface area contributed by atoms with Crippen molar-refractivity contribution in [1.29, 1.82) is 0 Å². The number of esters is 1. The first kappa shape index (κ1) is 28.6. The third-order valence-electron chi connectivity index (χ3n) is 5.62. The minimum atomic E-state index is -1.10. The zero-order chi connectivity index (χ0) is 27.2. The minimum absolute atomic E-state index is 0.0369. The number of carboxylic acid groups (broad SMARTS) is 1. The van der Waals surface area contributed by atoms with Crippen LogP contribution in [0.3, 0.4) is 0 Å². The Balaban J connectivity index is 1.63. The molecule has 3 rings (SSSR count). The molecule has 200 valence electrons. The van der Waals surface area contributed by atoms with Crippen LogP contribution in [0.5, 0.6) is 5.75 Å². The van der Waals surface area contributed by atoms with Gasteiger partial charge in [-0.15, -0.1) is 11.8 Å². The van der Waals surface area contributed by atoms with Crippen LogP contribution in [0.2, 0.25) is 0 Å². The fraction of sp³-hybridized carbons (Fsp3) is 0.276. The Morgan fingerprint density at radius 2 is 1.39 bits per heavy atom. The molecule has 2 N–H and O–H groups in total. The summed E-state index contributed by atoms with van der Waals surface area (Å²) in [4.78, 5) is 37.2. The number of thioether (sulfide) groups is 1. The second-order valence-corrected chi connectivity index (χ2v) is 9.55. The first-order valence-corrected chi connectivity index (χ1v) is 13.1. The van der Waals surface area contributed by atoms with Crippen LogP contribution in [0.15, 0.2) is 84.9 Å². The first-order valence-electron chi connectivity index (χ1n) is 12.1. The lowest BCUT2D eigenvalue weighted by Crippen LogP contribution is -2.46. The summed E-state index contributed by atoms with van der Waals surface area (Å²) in [5.41, 5.74) is 2.54. The van der Waals surface area contributed by atoms with Crippen molar-refractivity contribution in [1.82, 2.24) is 5.32 Å². The third kappa shape index (κ3) is 9.82. The van der Waals surface area contributed by atoms with Crippen LogP contribution < -0.4 is 10.1 Å². The molecule has 0 radical (unpaired) electrons. The van der Waals surface area contributed by atoms with E-state index in [9.17, 15) is 19.5 Å². The zero-order valence-electron chi connectivity index (χ0n) is 21.1. The van der Waals surface area contributed by atoms with Crippen LogP contribution in [0.1, 0.15) is 29.5 Å². The van der Waals surface area contributed by atoms with Gasteiger partial charge < -0.3 is 24.6 Å². The number of nitrogens with one attached hydrogen (secondary N) is 1. The quantitative estimate of drug-likeness (QED) is 0.270. The highest BCUT2D eigenvalue weighted by Crippen LogP contribution is 2.25. The van der Waals surface area contributed by atoms with Gasteiger partial charge in [0.1, 0.15) is 24.2 Å². The van der Waals surface area contributed by atoms with Crippen LogP contribution in [0.4, 0.5) is 4.79 Å². The zero-order valence-corrected chi connectivity index (χ0v) is 21.9. The monoisotopic (exact) mass is 537 g/mol. The lowest BCUT2D eigenvalue weighted by atomic mass is 10.1. The average Bonchev–Trinajstić information content (AvgIpc) is 2.95. The Morgan fingerprint density at radius 1 is 0.816 bits per heavy atom. The molecule has 0 saturated heterocycles. The summed E-state index contributed by atoms with van der Waals surface area (Å²) in [6, 6.07) is 24.8. The number of ether oxygens (including phenoxy) is 3. The maximum atomic E-state index is 12.6. The van der Waals surface area contributed by atoms with E-state index in [4.69, 9.17) is 14.2 Å². The molecule has 0 aliphatic carbocycles. The second-order valence-electron chi connectivity index (χ2n) is 8.42. The number of hydrogen-bond acceptors (Lipinski definition) is 7. The van der Waals surface area contributed by atoms with Crippen molar-refractivity contribution in [3.05, 3.63) is 102 Å². The maximum Gasteiger partial charge on any atom is 0.407 e. The molecule has 2 atom stereocenters. The van der Waals surface area contributed by atoms with Gasteiger partial charge in [-0.3, -0.25) is 9.59 Å². The highest BCUT2D eigenvalue weighted by atomic mass is 32.2. The highest BCUT2D eigenvalue weighted by Gasteiger charge is 2.31. The average molecular weight is 538 g/mol. The van der Waals surface area contributed by atoms with E-state index in [-0.39, 0.29) is 26.1 Å². The molecule has 0 aliphatic heterocycles. The number of benzene rings is 3. The maximum absolute atomic E-state index is 12.6. The molecule has 9 heteroatoms. The van der Waals surface area contributed by atoms with Crippen LogP contribution in [-0.4, -0.2) is 41.5 Å². The normalized spacial score (nSPS) is 12.1. The number of carbonyl (C=O) groups excluding carboxylic acids is 2. The largest absolute Gasteiger partial charge is 0.497 e. The summed E-state index contributed by atoms with van der Waals surface area (Å²) >= 11 is 1.16. The topological polar surface area (TPSA) is 111 Å². The van der Waals surface area contributed by atoms with Crippen LogP contribution >= 0.6 is 11.8 Å². The van der Waals surface area contributed by atoms with Crippen LogP contribution in [0.25, 0.3) is 0 Å². The Hall–Kier alpha value is -3.98. The fourth-order valence-corrected chi connectivity index (χ4v) is 4.71. The SMILES string of the molecule is COc1ccc(CS[C@@H](C(=O)O)[C@@H](CCC(=O)OCc2ccccc2)NC(=O)OCc2ccccc2)cc1. The van der Waals surface area contributed by atoms with Gasteiger partial charge in [0.25, 0.3) is 0 Å². The molecule has 0 unspecified atom stereocenters. The standard InChI is InChI=1S/C29H31NO7S/c1-35-24-14-12-23(13-15-24)20-38-27(28(32)33)25(30-29(34)37-19-22-10-6-3-7-11-22)16-17-26(31)36-18-21-8-4-2-5-9-21/h2-15,25,27H,16-20H2,1H3,(H,30,34)(H,32,33)/t25-,27-/m1/s1. The summed E-state index contributed by atoms with van der Waals surface area (Å²) in [5.74, 6) is -0.503. The minimum Gasteiger partial charge on any atom is -0.497 e. The number of amides is 1. The first-order chi connectivity index (χ1) is 18.4. The molecule has 0 fully saturated rings. The number of methoxy groups -OCH3 is 1. The van der Waals surface area contributed by atoms with Gasteiger partial charge in [-0.2, -0.15) is 0 Å². The second kappa shape index (κ2) is 15.3. The van der Waals surface area contributed by atoms with Gasteiger partial charge in [-0.05, 0) is 35.2 Å². The van der Waals surface area contributed by atoms with E-state index in [1.807, 2.05) is 72.8 Å². The van der Waals surface area contributed by atoms with Crippen molar-refractivity contribution in [3.63, 3.8) is 0 Å². The molecule has 38 heavy (non-hydrogen) atoms. The molecule has 0 heterocycles. The Bertz CT molecular complexity index is 1160. The molecule has 3 aromatic rings. The van der Waals surface area contributed by atoms with E-state index >= 15 is 0 Å². The van der Waals surface area contributed by atoms with Crippen LogP contribution in [-0.2, 0) is 38.0 Å². The molecule has 0 aliphatic rings. The number of aliphatic carboxylic acids is 1. The van der Waals surface area contributed by atoms with Gasteiger partial charge >= 0.3 is 18.0 Å². The number of carboxylic acids is 1. The Morgan fingerprint density at radius 3 is 1.95 bits per heavy atom. The van der Waals surface area contributed by atoms with Crippen molar-refractivity contribution in [2.24, 2.45) is 0 Å². The summed E-state index contributed by atoms with van der Waals surface area (Å²) in [6.45, 7) is 0.153. The Labute approximate surface area is 226 Å². The predicted molar refractivity (Wildman–Crippen MR) is 145 cm³/mol. The van der Waals surface area contributed by atoms with E-state index in [0.29, 0.717) is 11.5 Å². The van der Waals surface area contributed by atoms with E-state index in [1.54, 1.807) is 19.2 Å². The molecule has 8 nitrogen and oxygen atoms in total. The summed E-state index contributed by atoms with van der Waals surface area (Å²) in [5, 5.41) is 11.6. The van der Waals surface area contributed by atoms with Crippen molar-refractivity contribution >= 4 is 29.8 Å². The molecule has 0 saturated carbocycles. The third-order valence-corrected chi connectivity index (χ3v) is 7.00. The van der Waals surface area contributed by atoms with E-state index in [0.717, 1.165) is 28.5 Å². The van der Waals surface area contributed by atoms with Gasteiger partial charge in [0.2, 0.25) is 0 Å². The predicted octanol–water partition coefficient (Wildman–Crippen LogP) is 5.20. The molecular weight excluding hydrogens is 506 g/mol. The lowest BCUT2D eigenvalue weighted by molar-refractivity contribution is -0.145. The number of alkyl carbamates (subject to hydrolysis) is 1. The van der Waals surface area contributed by atoms with Crippen molar-refractivity contribution in [2.75, 3.05) is 7.11 Å². The fourth-order valence-electron chi connectivity index (χ4n) is 3.57. The molecular formula is C29H31NO7S. The van der Waals surface area contributed by atoms with Gasteiger partial charge in [0.15, 0.2) is 0 Å². The van der Waals surface area contributed by atoms with Gasteiger partial charge in [0.05, 0.1) is 13.2 Å². The Kier molecular flexibility index (Phi) is 11.5. The van der Waals surface area contributed by atoms with Crippen molar-refractivity contribution in [3.8, 4) is 5.75 Å². The number of carbonyl (C=O) groups is 3. The number of hydrogen-bond donors (Lipinski definition) is 2. The molecule has 0 spiro atoms. The van der Waals surface area contributed by atoms with E-state index in [2.05, 4.69) is 5.32 Å². The van der Waals surface area contributed by atoms with Crippen molar-refractivity contribution in [2.45, 2.75) is 43.1 Å². The van der Waals surface area contributed by atoms with Gasteiger partial charge in [-0.25, -0.2) is 4.79 Å². The van der Waals surface area contributed by atoms with E-state index in [1.165, 1.54) is 0 Å². The molecule has 1 amide bonds.